The van der Waals surface area contributed by atoms with E-state index in [1.165, 1.54) is 0 Å². The van der Waals surface area contributed by atoms with Gasteiger partial charge in [0.2, 0.25) is 0 Å². The third-order valence-corrected chi connectivity index (χ3v) is 4.81. The molecule has 0 bridgehead atoms. The molecule has 0 aliphatic heterocycles. The Balaban J connectivity index is 1.50. The SMILES string of the molecule is Cc1ccc(C(=O)N[C@H](C)c2ccc(NC(=O)NCc3ccc(Cl)cc3)cc2)cn1. The number of hydrogen-bond donors (Lipinski definition) is 3. The van der Waals surface area contributed by atoms with Crippen LogP contribution in [0.5, 0.6) is 0 Å². The minimum absolute atomic E-state index is 0.182. The van der Waals surface area contributed by atoms with Crippen molar-refractivity contribution in [1.82, 2.24) is 15.6 Å². The average Bonchev–Trinajstić information content (AvgIpc) is 2.74. The molecule has 1 heterocycles. The molecule has 0 fully saturated rings. The van der Waals surface area contributed by atoms with Gasteiger partial charge in [0.25, 0.3) is 5.91 Å². The number of carbonyl (C=O) groups is 2. The van der Waals surface area contributed by atoms with E-state index in [0.717, 1.165) is 16.8 Å². The first-order valence-corrected chi connectivity index (χ1v) is 9.91. The van der Waals surface area contributed by atoms with Crippen molar-refractivity contribution >= 4 is 29.2 Å². The van der Waals surface area contributed by atoms with Gasteiger partial charge in [-0.1, -0.05) is 35.9 Å². The number of carbonyl (C=O) groups excluding carboxylic acids is 2. The summed E-state index contributed by atoms with van der Waals surface area (Å²) in [4.78, 5) is 28.6. The number of pyridine rings is 1. The number of rotatable bonds is 6. The van der Waals surface area contributed by atoms with Gasteiger partial charge in [0.05, 0.1) is 11.6 Å². The zero-order valence-corrected chi connectivity index (χ0v) is 17.5. The fraction of sp³-hybridized carbons (Fsp3) is 0.174. The predicted octanol–water partition coefficient (Wildman–Crippen LogP) is 4.86. The fourth-order valence-electron chi connectivity index (χ4n) is 2.78. The molecule has 2 aromatic carbocycles. The summed E-state index contributed by atoms with van der Waals surface area (Å²) in [6.07, 6.45) is 1.56. The lowest BCUT2D eigenvalue weighted by molar-refractivity contribution is 0.0939. The molecule has 0 aliphatic rings. The van der Waals surface area contributed by atoms with Gasteiger partial charge in [-0.2, -0.15) is 0 Å². The molecular weight excluding hydrogens is 400 g/mol. The number of nitrogens with one attached hydrogen (secondary N) is 3. The van der Waals surface area contributed by atoms with Crippen LogP contribution in [-0.4, -0.2) is 16.9 Å². The van der Waals surface area contributed by atoms with Crippen LogP contribution >= 0.6 is 11.6 Å². The van der Waals surface area contributed by atoms with E-state index in [4.69, 9.17) is 11.6 Å². The summed E-state index contributed by atoms with van der Waals surface area (Å²) in [6.45, 7) is 4.18. The first-order valence-electron chi connectivity index (χ1n) is 9.53. The molecule has 154 valence electrons. The Hall–Kier alpha value is -3.38. The zero-order chi connectivity index (χ0) is 21.5. The predicted molar refractivity (Wildman–Crippen MR) is 119 cm³/mol. The lowest BCUT2D eigenvalue weighted by Crippen LogP contribution is -2.28. The second-order valence-electron chi connectivity index (χ2n) is 6.94. The first kappa shape index (κ1) is 21.3. The van der Waals surface area contributed by atoms with E-state index in [-0.39, 0.29) is 18.0 Å². The zero-order valence-electron chi connectivity index (χ0n) is 16.8. The molecule has 1 aromatic heterocycles. The molecular formula is C23H23ClN4O2. The van der Waals surface area contributed by atoms with Gasteiger partial charge in [-0.15, -0.1) is 0 Å². The molecule has 3 N–H and O–H groups in total. The van der Waals surface area contributed by atoms with Crippen LogP contribution in [0.1, 0.15) is 40.1 Å². The molecule has 6 nitrogen and oxygen atoms in total. The van der Waals surface area contributed by atoms with Crippen molar-refractivity contribution in [3.05, 3.63) is 94.3 Å². The van der Waals surface area contributed by atoms with Crippen LogP contribution in [0.25, 0.3) is 0 Å². The normalized spacial score (nSPS) is 11.4. The molecule has 1 atom stereocenters. The topological polar surface area (TPSA) is 83.1 Å². The lowest BCUT2D eigenvalue weighted by atomic mass is 10.1. The van der Waals surface area contributed by atoms with E-state index in [1.54, 1.807) is 42.6 Å². The number of aromatic nitrogens is 1. The molecule has 30 heavy (non-hydrogen) atoms. The quantitative estimate of drug-likeness (QED) is 0.530. The lowest BCUT2D eigenvalue weighted by Gasteiger charge is -2.15. The van der Waals surface area contributed by atoms with Gasteiger partial charge in [-0.25, -0.2) is 4.79 Å². The van der Waals surface area contributed by atoms with Gasteiger partial charge >= 0.3 is 6.03 Å². The number of halogens is 1. The van der Waals surface area contributed by atoms with Gasteiger partial charge in [-0.3, -0.25) is 9.78 Å². The number of benzene rings is 2. The van der Waals surface area contributed by atoms with E-state index in [9.17, 15) is 9.59 Å². The Morgan fingerprint density at radius 1 is 1.00 bits per heavy atom. The number of anilines is 1. The maximum Gasteiger partial charge on any atom is 0.319 e. The summed E-state index contributed by atoms with van der Waals surface area (Å²) in [5.74, 6) is -0.182. The van der Waals surface area contributed by atoms with Crippen LogP contribution in [0.15, 0.2) is 66.9 Å². The number of hydrogen-bond acceptors (Lipinski definition) is 3. The number of nitrogens with zero attached hydrogens (tertiary/aromatic N) is 1. The Morgan fingerprint density at radius 3 is 2.33 bits per heavy atom. The van der Waals surface area contributed by atoms with E-state index >= 15 is 0 Å². The second kappa shape index (κ2) is 9.89. The maximum atomic E-state index is 12.3. The number of amides is 3. The second-order valence-corrected chi connectivity index (χ2v) is 7.38. The molecule has 0 saturated heterocycles. The summed E-state index contributed by atoms with van der Waals surface area (Å²) >= 11 is 5.86. The highest BCUT2D eigenvalue weighted by Gasteiger charge is 2.12. The Labute approximate surface area is 180 Å². The third-order valence-electron chi connectivity index (χ3n) is 4.56. The highest BCUT2D eigenvalue weighted by Crippen LogP contribution is 2.17. The van der Waals surface area contributed by atoms with E-state index < -0.39 is 0 Å². The van der Waals surface area contributed by atoms with E-state index in [2.05, 4.69) is 20.9 Å². The molecule has 0 aliphatic carbocycles. The molecule has 3 rings (SSSR count). The van der Waals surface area contributed by atoms with Crippen LogP contribution in [0.3, 0.4) is 0 Å². The highest BCUT2D eigenvalue weighted by atomic mass is 35.5. The molecule has 0 radical (unpaired) electrons. The molecule has 0 saturated carbocycles. The smallest absolute Gasteiger partial charge is 0.319 e. The Bertz CT molecular complexity index is 1000. The van der Waals surface area contributed by atoms with Crippen LogP contribution in [0.2, 0.25) is 5.02 Å². The Kier molecular flexibility index (Phi) is 7.03. The van der Waals surface area contributed by atoms with Crippen molar-refractivity contribution in [3.63, 3.8) is 0 Å². The van der Waals surface area contributed by atoms with Crippen LogP contribution in [-0.2, 0) is 6.54 Å². The van der Waals surface area contributed by atoms with Crippen LogP contribution in [0.4, 0.5) is 10.5 Å². The molecule has 7 heteroatoms. The summed E-state index contributed by atoms with van der Waals surface area (Å²) in [6, 6.07) is 17.7. The van der Waals surface area contributed by atoms with Crippen molar-refractivity contribution in [2.75, 3.05) is 5.32 Å². The highest BCUT2D eigenvalue weighted by molar-refractivity contribution is 6.30. The Morgan fingerprint density at radius 2 is 1.70 bits per heavy atom. The van der Waals surface area contributed by atoms with Crippen molar-refractivity contribution in [2.45, 2.75) is 26.4 Å². The monoisotopic (exact) mass is 422 g/mol. The molecule has 0 unspecified atom stereocenters. The summed E-state index contributed by atoms with van der Waals surface area (Å²) in [7, 11) is 0. The first-order chi connectivity index (χ1) is 14.4. The van der Waals surface area contributed by atoms with Gasteiger partial charge in [0.15, 0.2) is 0 Å². The standard InChI is InChI=1S/C23H23ClN4O2/c1-15-3-6-19(14-25-15)22(29)27-16(2)18-7-11-21(12-8-18)28-23(30)26-13-17-4-9-20(24)10-5-17/h3-12,14,16H,13H2,1-2H3,(H,27,29)(H2,26,28,30)/t16-/m1/s1. The van der Waals surface area contributed by atoms with Crippen molar-refractivity contribution in [2.24, 2.45) is 0 Å². The van der Waals surface area contributed by atoms with Gasteiger partial charge < -0.3 is 16.0 Å². The van der Waals surface area contributed by atoms with E-state index in [0.29, 0.717) is 22.8 Å². The van der Waals surface area contributed by atoms with Crippen LogP contribution in [0, 0.1) is 6.92 Å². The summed E-state index contributed by atoms with van der Waals surface area (Å²) in [5.41, 5.74) is 3.92. The van der Waals surface area contributed by atoms with Gasteiger partial charge in [-0.05, 0) is 61.4 Å². The minimum Gasteiger partial charge on any atom is -0.345 e. The molecule has 3 amide bonds. The van der Waals surface area contributed by atoms with E-state index in [1.807, 2.05) is 38.1 Å². The largest absolute Gasteiger partial charge is 0.345 e. The number of aryl methyl sites for hydroxylation is 1. The van der Waals surface area contributed by atoms with Crippen molar-refractivity contribution in [1.29, 1.82) is 0 Å². The molecule has 0 spiro atoms. The maximum absolute atomic E-state index is 12.3. The van der Waals surface area contributed by atoms with Gasteiger partial charge in [0, 0.05) is 29.1 Å². The average molecular weight is 423 g/mol. The van der Waals surface area contributed by atoms with Gasteiger partial charge in [0.1, 0.15) is 0 Å². The summed E-state index contributed by atoms with van der Waals surface area (Å²) in [5, 5.41) is 9.19. The summed E-state index contributed by atoms with van der Waals surface area (Å²) < 4.78 is 0. The van der Waals surface area contributed by atoms with Crippen molar-refractivity contribution in [3.8, 4) is 0 Å². The fourth-order valence-corrected chi connectivity index (χ4v) is 2.91. The number of urea groups is 1. The minimum atomic E-state index is -0.300. The van der Waals surface area contributed by atoms with Crippen molar-refractivity contribution < 1.29 is 9.59 Å². The van der Waals surface area contributed by atoms with Crippen LogP contribution < -0.4 is 16.0 Å². The molecule has 3 aromatic rings. The third kappa shape index (κ3) is 6.06.